The number of hydrogen-bond acceptors (Lipinski definition) is 4. The van der Waals surface area contributed by atoms with Crippen LogP contribution < -0.4 is 10.6 Å². The zero-order valence-electron chi connectivity index (χ0n) is 15.3. The number of aliphatic hydroxyl groups is 1. The van der Waals surface area contributed by atoms with E-state index in [1.807, 2.05) is 30.3 Å². The monoisotopic (exact) mass is 348 g/mol. The normalized spacial score (nSPS) is 17.3. The van der Waals surface area contributed by atoms with Gasteiger partial charge in [0.1, 0.15) is 0 Å². The van der Waals surface area contributed by atoms with E-state index in [1.54, 1.807) is 0 Å². The van der Waals surface area contributed by atoms with Crippen molar-refractivity contribution in [1.82, 2.24) is 15.5 Å². The van der Waals surface area contributed by atoms with Gasteiger partial charge in [0.15, 0.2) is 5.96 Å². The quantitative estimate of drug-likeness (QED) is 0.353. The van der Waals surface area contributed by atoms with E-state index in [0.717, 1.165) is 63.9 Å². The second kappa shape index (κ2) is 11.8. The van der Waals surface area contributed by atoms with Crippen molar-refractivity contribution >= 4 is 5.96 Å². The highest BCUT2D eigenvalue weighted by Crippen LogP contribution is 2.14. The maximum atomic E-state index is 9.65. The third-order valence-corrected chi connectivity index (χ3v) is 4.35. The summed E-state index contributed by atoms with van der Waals surface area (Å²) in [6.07, 6.45) is 1.08. The van der Waals surface area contributed by atoms with Crippen molar-refractivity contribution in [2.75, 3.05) is 59.1 Å². The van der Waals surface area contributed by atoms with E-state index in [9.17, 15) is 5.11 Å². The van der Waals surface area contributed by atoms with Gasteiger partial charge in [-0.3, -0.25) is 9.89 Å². The molecule has 1 unspecified atom stereocenters. The van der Waals surface area contributed by atoms with Crippen LogP contribution in [0, 0.1) is 0 Å². The van der Waals surface area contributed by atoms with Crippen LogP contribution in [-0.4, -0.2) is 75.1 Å². The summed E-state index contributed by atoms with van der Waals surface area (Å²) in [5.74, 6) is 0.851. The van der Waals surface area contributed by atoms with Crippen LogP contribution >= 0.6 is 0 Å². The van der Waals surface area contributed by atoms with Gasteiger partial charge in [-0.1, -0.05) is 30.3 Å². The van der Waals surface area contributed by atoms with Crippen LogP contribution in [0.25, 0.3) is 0 Å². The second-order valence-corrected chi connectivity index (χ2v) is 6.24. The minimum absolute atomic E-state index is 0.0324. The Morgan fingerprint density at radius 3 is 2.68 bits per heavy atom. The fourth-order valence-electron chi connectivity index (χ4n) is 2.87. The molecule has 0 aliphatic carbocycles. The Kier molecular flexibility index (Phi) is 9.33. The summed E-state index contributed by atoms with van der Waals surface area (Å²) in [5, 5.41) is 16.3. The molecule has 0 spiro atoms. The molecule has 0 aromatic heterocycles. The van der Waals surface area contributed by atoms with Crippen molar-refractivity contribution in [2.45, 2.75) is 19.3 Å². The summed E-state index contributed by atoms with van der Waals surface area (Å²) in [7, 11) is 0. The van der Waals surface area contributed by atoms with Crippen molar-refractivity contribution in [2.24, 2.45) is 4.99 Å². The fourth-order valence-corrected chi connectivity index (χ4v) is 2.87. The third-order valence-electron chi connectivity index (χ3n) is 4.35. The van der Waals surface area contributed by atoms with Crippen LogP contribution in [0.5, 0.6) is 0 Å². The largest absolute Gasteiger partial charge is 0.396 e. The Hall–Kier alpha value is -1.63. The summed E-state index contributed by atoms with van der Waals surface area (Å²) in [6, 6.07) is 10.1. The number of nitrogens with zero attached hydrogens (tertiary/aromatic N) is 2. The van der Waals surface area contributed by atoms with Gasteiger partial charge in [0.25, 0.3) is 0 Å². The average Bonchev–Trinajstić information content (AvgIpc) is 2.67. The number of rotatable bonds is 9. The minimum atomic E-state index is 0.0324. The van der Waals surface area contributed by atoms with Crippen LogP contribution in [0.3, 0.4) is 0 Å². The molecule has 1 atom stereocenters. The van der Waals surface area contributed by atoms with E-state index in [4.69, 9.17) is 4.74 Å². The predicted molar refractivity (Wildman–Crippen MR) is 102 cm³/mol. The Balaban J connectivity index is 1.76. The smallest absolute Gasteiger partial charge is 0.191 e. The first-order valence-electron chi connectivity index (χ1n) is 9.31. The van der Waals surface area contributed by atoms with Crippen LogP contribution in [-0.2, 0) is 4.74 Å². The zero-order valence-corrected chi connectivity index (χ0v) is 15.3. The van der Waals surface area contributed by atoms with E-state index < -0.39 is 0 Å². The molecule has 140 valence electrons. The Labute approximate surface area is 151 Å². The first-order valence-corrected chi connectivity index (χ1v) is 9.31. The number of morpholine rings is 1. The second-order valence-electron chi connectivity index (χ2n) is 6.24. The number of nitrogens with one attached hydrogen (secondary N) is 2. The number of guanidine groups is 1. The first kappa shape index (κ1) is 19.7. The van der Waals surface area contributed by atoms with E-state index in [1.165, 1.54) is 0 Å². The molecule has 0 amide bonds. The zero-order chi connectivity index (χ0) is 17.7. The lowest BCUT2D eigenvalue weighted by atomic mass is 10.0. The van der Waals surface area contributed by atoms with E-state index in [2.05, 4.69) is 27.4 Å². The number of ether oxygens (including phenoxy) is 1. The minimum Gasteiger partial charge on any atom is -0.396 e. The lowest BCUT2D eigenvalue weighted by molar-refractivity contribution is 0.0376. The Bertz CT molecular complexity index is 489. The number of aliphatic imine (C=N–C) groups is 1. The SMILES string of the molecule is CCNC(=NCC(CO)c1ccccc1)NCCCN1CCOCC1. The molecule has 1 saturated heterocycles. The molecule has 0 saturated carbocycles. The Morgan fingerprint density at radius 2 is 2.00 bits per heavy atom. The maximum Gasteiger partial charge on any atom is 0.191 e. The summed E-state index contributed by atoms with van der Waals surface area (Å²) in [4.78, 5) is 7.08. The van der Waals surface area contributed by atoms with Crippen molar-refractivity contribution < 1.29 is 9.84 Å². The molecular formula is C19H32N4O2. The molecule has 6 nitrogen and oxygen atoms in total. The van der Waals surface area contributed by atoms with E-state index in [-0.39, 0.29) is 12.5 Å². The molecule has 1 heterocycles. The standard InChI is InChI=1S/C19H32N4O2/c1-2-20-19(21-9-6-10-23-11-13-25-14-12-23)22-15-18(16-24)17-7-4-3-5-8-17/h3-5,7-8,18,24H,2,6,9-16H2,1H3,(H2,20,21,22). The molecule has 1 aliphatic heterocycles. The van der Waals surface area contributed by atoms with Crippen molar-refractivity contribution in [3.8, 4) is 0 Å². The topological polar surface area (TPSA) is 69.1 Å². The molecule has 2 rings (SSSR count). The Morgan fingerprint density at radius 1 is 1.24 bits per heavy atom. The number of hydrogen-bond donors (Lipinski definition) is 3. The summed E-state index contributed by atoms with van der Waals surface area (Å²) < 4.78 is 5.37. The highest BCUT2D eigenvalue weighted by molar-refractivity contribution is 5.79. The maximum absolute atomic E-state index is 9.65. The molecule has 6 heteroatoms. The number of benzene rings is 1. The van der Waals surface area contributed by atoms with Gasteiger partial charge in [0.2, 0.25) is 0 Å². The lowest BCUT2D eigenvalue weighted by Crippen LogP contribution is -2.41. The lowest BCUT2D eigenvalue weighted by Gasteiger charge is -2.26. The fraction of sp³-hybridized carbons (Fsp3) is 0.632. The van der Waals surface area contributed by atoms with Gasteiger partial charge in [0.05, 0.1) is 26.4 Å². The molecule has 0 radical (unpaired) electrons. The molecule has 3 N–H and O–H groups in total. The highest BCUT2D eigenvalue weighted by atomic mass is 16.5. The molecule has 1 aromatic carbocycles. The predicted octanol–water partition coefficient (Wildman–Crippen LogP) is 1.04. The van der Waals surface area contributed by atoms with Crippen LogP contribution in [0.4, 0.5) is 0 Å². The van der Waals surface area contributed by atoms with Gasteiger partial charge in [-0.15, -0.1) is 0 Å². The summed E-state index contributed by atoms with van der Waals surface area (Å²) in [5.41, 5.74) is 1.12. The van der Waals surface area contributed by atoms with Crippen molar-refractivity contribution in [3.63, 3.8) is 0 Å². The van der Waals surface area contributed by atoms with Gasteiger partial charge < -0.3 is 20.5 Å². The molecule has 1 aliphatic rings. The molecule has 1 fully saturated rings. The third kappa shape index (κ3) is 7.42. The average molecular weight is 348 g/mol. The van der Waals surface area contributed by atoms with Crippen molar-refractivity contribution in [3.05, 3.63) is 35.9 Å². The summed E-state index contributed by atoms with van der Waals surface area (Å²) in [6.45, 7) is 9.28. The molecular weight excluding hydrogens is 316 g/mol. The van der Waals surface area contributed by atoms with Gasteiger partial charge in [-0.2, -0.15) is 0 Å². The van der Waals surface area contributed by atoms with Gasteiger partial charge >= 0.3 is 0 Å². The van der Waals surface area contributed by atoms with Crippen LogP contribution in [0.15, 0.2) is 35.3 Å². The van der Waals surface area contributed by atoms with Gasteiger partial charge in [0, 0.05) is 32.1 Å². The van der Waals surface area contributed by atoms with Crippen molar-refractivity contribution in [1.29, 1.82) is 0 Å². The van der Waals surface area contributed by atoms with E-state index in [0.29, 0.717) is 6.54 Å². The van der Waals surface area contributed by atoms with Crippen LogP contribution in [0.1, 0.15) is 24.8 Å². The highest BCUT2D eigenvalue weighted by Gasteiger charge is 2.11. The number of aliphatic hydroxyl groups excluding tert-OH is 1. The first-order chi connectivity index (χ1) is 12.3. The molecule has 0 bridgehead atoms. The molecule has 1 aromatic rings. The van der Waals surface area contributed by atoms with Gasteiger partial charge in [-0.25, -0.2) is 0 Å². The van der Waals surface area contributed by atoms with Crippen LogP contribution in [0.2, 0.25) is 0 Å². The molecule has 25 heavy (non-hydrogen) atoms. The van der Waals surface area contributed by atoms with Gasteiger partial charge in [-0.05, 0) is 25.5 Å². The van der Waals surface area contributed by atoms with E-state index >= 15 is 0 Å². The summed E-state index contributed by atoms with van der Waals surface area (Å²) >= 11 is 0.